The second-order valence-electron chi connectivity index (χ2n) is 8.01. The number of aryl methyl sites for hydroxylation is 1. The van der Waals surface area contributed by atoms with Gasteiger partial charge in [-0.05, 0) is 61.9 Å². The Morgan fingerprint density at radius 1 is 1.19 bits per heavy atom. The summed E-state index contributed by atoms with van der Waals surface area (Å²) in [6, 6.07) is 13.6. The first-order valence-electron chi connectivity index (χ1n) is 11.1. The van der Waals surface area contributed by atoms with Gasteiger partial charge in [0.1, 0.15) is 5.82 Å². The standard InChI is InChI=1S/C25H34FN3O2/c1-4-27-25(29-19(3)22-9-8-18(2)24(26)15-22)28-16-20-6-5-7-21(14-20)17-31-23-10-12-30-13-11-23/h5-9,14-15,19,23H,4,10-13,16-17H2,1-3H3,(H2,27,28,29). The largest absolute Gasteiger partial charge is 0.381 e. The van der Waals surface area contributed by atoms with Gasteiger partial charge in [0.05, 0.1) is 25.3 Å². The lowest BCUT2D eigenvalue weighted by Crippen LogP contribution is -2.38. The van der Waals surface area contributed by atoms with Crippen LogP contribution < -0.4 is 10.6 Å². The zero-order chi connectivity index (χ0) is 22.1. The lowest BCUT2D eigenvalue weighted by atomic mass is 10.1. The normalized spacial score (nSPS) is 16.2. The number of hydrogen-bond donors (Lipinski definition) is 2. The summed E-state index contributed by atoms with van der Waals surface area (Å²) in [5.74, 6) is 0.521. The maximum absolute atomic E-state index is 13.9. The number of rotatable bonds is 8. The van der Waals surface area contributed by atoms with Gasteiger partial charge in [-0.25, -0.2) is 9.38 Å². The molecule has 1 atom stereocenters. The fraction of sp³-hybridized carbons (Fsp3) is 0.480. The van der Waals surface area contributed by atoms with Gasteiger partial charge in [-0.1, -0.05) is 36.4 Å². The van der Waals surface area contributed by atoms with Crippen LogP contribution in [0.3, 0.4) is 0 Å². The quantitative estimate of drug-likeness (QED) is 0.476. The van der Waals surface area contributed by atoms with E-state index in [-0.39, 0.29) is 18.0 Å². The molecule has 1 saturated heterocycles. The van der Waals surface area contributed by atoms with Gasteiger partial charge in [-0.15, -0.1) is 0 Å². The van der Waals surface area contributed by atoms with Crippen molar-refractivity contribution < 1.29 is 13.9 Å². The van der Waals surface area contributed by atoms with Crippen molar-refractivity contribution in [2.75, 3.05) is 19.8 Å². The molecule has 2 aromatic carbocycles. The molecule has 0 aromatic heterocycles. The van der Waals surface area contributed by atoms with Crippen molar-refractivity contribution >= 4 is 5.96 Å². The topological polar surface area (TPSA) is 54.9 Å². The molecule has 1 heterocycles. The molecule has 0 bridgehead atoms. The van der Waals surface area contributed by atoms with Crippen LogP contribution in [0.15, 0.2) is 47.5 Å². The van der Waals surface area contributed by atoms with Crippen LogP contribution >= 0.6 is 0 Å². The first-order chi connectivity index (χ1) is 15.0. The summed E-state index contributed by atoms with van der Waals surface area (Å²) in [6.07, 6.45) is 2.21. The van der Waals surface area contributed by atoms with Crippen LogP contribution in [0.2, 0.25) is 0 Å². The summed E-state index contributed by atoms with van der Waals surface area (Å²) in [7, 11) is 0. The summed E-state index contributed by atoms with van der Waals surface area (Å²) in [6.45, 7) is 9.28. The van der Waals surface area contributed by atoms with Crippen molar-refractivity contribution in [2.24, 2.45) is 4.99 Å². The fourth-order valence-corrected chi connectivity index (χ4v) is 3.53. The van der Waals surface area contributed by atoms with E-state index in [1.165, 1.54) is 0 Å². The Balaban J connectivity index is 1.59. The minimum absolute atomic E-state index is 0.0629. The number of ether oxygens (including phenoxy) is 2. The molecule has 1 aliphatic rings. The van der Waals surface area contributed by atoms with Crippen LogP contribution in [0, 0.1) is 12.7 Å². The summed E-state index contributed by atoms with van der Waals surface area (Å²) < 4.78 is 25.3. The molecule has 1 unspecified atom stereocenters. The molecule has 0 aliphatic carbocycles. The monoisotopic (exact) mass is 427 g/mol. The second-order valence-corrected chi connectivity index (χ2v) is 8.01. The zero-order valence-electron chi connectivity index (χ0n) is 18.8. The summed E-state index contributed by atoms with van der Waals surface area (Å²) in [5, 5.41) is 6.64. The Morgan fingerprint density at radius 2 is 1.97 bits per heavy atom. The smallest absolute Gasteiger partial charge is 0.192 e. The molecule has 0 spiro atoms. The second kappa shape index (κ2) is 11.8. The van der Waals surface area contributed by atoms with Gasteiger partial charge in [0.25, 0.3) is 0 Å². The van der Waals surface area contributed by atoms with Gasteiger partial charge in [-0.3, -0.25) is 0 Å². The van der Waals surface area contributed by atoms with Gasteiger partial charge < -0.3 is 20.1 Å². The Morgan fingerprint density at radius 3 is 2.71 bits per heavy atom. The molecule has 5 nitrogen and oxygen atoms in total. The van der Waals surface area contributed by atoms with Gasteiger partial charge in [0, 0.05) is 19.8 Å². The molecule has 31 heavy (non-hydrogen) atoms. The molecule has 2 aromatic rings. The van der Waals surface area contributed by atoms with E-state index < -0.39 is 0 Å². The summed E-state index contributed by atoms with van der Waals surface area (Å²) in [4.78, 5) is 4.72. The number of halogens is 1. The Labute approximate surface area is 185 Å². The molecule has 1 fully saturated rings. The highest BCUT2D eigenvalue weighted by molar-refractivity contribution is 5.80. The van der Waals surface area contributed by atoms with Gasteiger partial charge in [-0.2, -0.15) is 0 Å². The minimum Gasteiger partial charge on any atom is -0.381 e. The third-order valence-electron chi connectivity index (χ3n) is 5.46. The van der Waals surface area contributed by atoms with E-state index in [1.54, 1.807) is 19.1 Å². The van der Waals surface area contributed by atoms with Crippen LogP contribution in [0.4, 0.5) is 4.39 Å². The Kier molecular flexibility index (Phi) is 8.85. The fourth-order valence-electron chi connectivity index (χ4n) is 3.53. The Bertz CT molecular complexity index is 866. The molecule has 168 valence electrons. The lowest BCUT2D eigenvalue weighted by molar-refractivity contribution is -0.0390. The highest BCUT2D eigenvalue weighted by Gasteiger charge is 2.14. The van der Waals surface area contributed by atoms with Crippen LogP contribution in [0.25, 0.3) is 0 Å². The highest BCUT2D eigenvalue weighted by Crippen LogP contribution is 2.17. The highest BCUT2D eigenvalue weighted by atomic mass is 19.1. The average molecular weight is 428 g/mol. The maximum atomic E-state index is 13.9. The third-order valence-corrected chi connectivity index (χ3v) is 5.46. The van der Waals surface area contributed by atoms with Crippen molar-refractivity contribution in [1.29, 1.82) is 0 Å². The van der Waals surface area contributed by atoms with E-state index >= 15 is 0 Å². The van der Waals surface area contributed by atoms with E-state index in [4.69, 9.17) is 14.5 Å². The van der Waals surface area contributed by atoms with E-state index in [9.17, 15) is 4.39 Å². The molecular formula is C25H34FN3O2. The average Bonchev–Trinajstić information content (AvgIpc) is 2.79. The summed E-state index contributed by atoms with van der Waals surface area (Å²) >= 11 is 0. The number of benzene rings is 2. The number of nitrogens with zero attached hydrogens (tertiary/aromatic N) is 1. The SMILES string of the molecule is CCNC(=NCc1cccc(COC2CCOCC2)c1)NC(C)c1ccc(C)c(F)c1. The molecule has 0 amide bonds. The minimum atomic E-state index is -0.187. The van der Waals surface area contributed by atoms with Crippen molar-refractivity contribution in [3.8, 4) is 0 Å². The molecule has 0 radical (unpaired) electrons. The molecule has 6 heteroatoms. The van der Waals surface area contributed by atoms with Crippen LogP contribution in [-0.2, 0) is 22.6 Å². The van der Waals surface area contributed by atoms with E-state index in [0.29, 0.717) is 24.7 Å². The van der Waals surface area contributed by atoms with E-state index in [1.807, 2.05) is 26.0 Å². The molecular weight excluding hydrogens is 393 g/mol. The van der Waals surface area contributed by atoms with Crippen LogP contribution in [-0.4, -0.2) is 31.8 Å². The van der Waals surface area contributed by atoms with Crippen molar-refractivity contribution in [2.45, 2.75) is 58.9 Å². The third kappa shape index (κ3) is 7.33. The molecule has 2 N–H and O–H groups in total. The van der Waals surface area contributed by atoms with Crippen LogP contribution in [0.5, 0.6) is 0 Å². The van der Waals surface area contributed by atoms with Crippen molar-refractivity contribution in [3.63, 3.8) is 0 Å². The van der Waals surface area contributed by atoms with Gasteiger partial charge in [0.2, 0.25) is 0 Å². The Hall–Kier alpha value is -2.44. The molecule has 0 saturated carbocycles. The van der Waals surface area contributed by atoms with Gasteiger partial charge >= 0.3 is 0 Å². The van der Waals surface area contributed by atoms with Crippen LogP contribution in [0.1, 0.15) is 55.0 Å². The molecule has 3 rings (SSSR count). The number of guanidine groups is 1. The van der Waals surface area contributed by atoms with Crippen molar-refractivity contribution in [1.82, 2.24) is 10.6 Å². The van der Waals surface area contributed by atoms with Gasteiger partial charge in [0.15, 0.2) is 5.96 Å². The first kappa shape index (κ1) is 23.2. The van der Waals surface area contributed by atoms with Crippen molar-refractivity contribution in [3.05, 3.63) is 70.5 Å². The maximum Gasteiger partial charge on any atom is 0.192 e. The van der Waals surface area contributed by atoms with E-state index in [0.717, 1.165) is 49.3 Å². The first-order valence-corrected chi connectivity index (χ1v) is 11.1. The number of aliphatic imine (C=N–C) groups is 1. The number of nitrogens with one attached hydrogen (secondary N) is 2. The lowest BCUT2D eigenvalue weighted by Gasteiger charge is -2.22. The number of hydrogen-bond acceptors (Lipinski definition) is 3. The van der Waals surface area contributed by atoms with E-state index in [2.05, 4.69) is 28.8 Å². The molecule has 1 aliphatic heterocycles. The predicted molar refractivity (Wildman–Crippen MR) is 123 cm³/mol. The summed E-state index contributed by atoms with van der Waals surface area (Å²) in [5.41, 5.74) is 3.82. The zero-order valence-corrected chi connectivity index (χ0v) is 18.8. The predicted octanol–water partition coefficient (Wildman–Crippen LogP) is 4.65.